The molecule has 7 heteroatoms. The molecule has 4 aliphatic rings. The Morgan fingerprint density at radius 3 is 2.09 bits per heavy atom. The zero-order valence-electron chi connectivity index (χ0n) is 18.5. The van der Waals surface area contributed by atoms with Crippen molar-refractivity contribution >= 4 is 21.6 Å². The monoisotopic (exact) mass is 454 g/mol. The molecule has 6 nitrogen and oxygen atoms in total. The van der Waals surface area contributed by atoms with E-state index in [0.717, 1.165) is 36.4 Å². The molecule has 0 spiro atoms. The van der Waals surface area contributed by atoms with Crippen LogP contribution in [0.25, 0.3) is 0 Å². The summed E-state index contributed by atoms with van der Waals surface area (Å²) in [4.78, 5) is 12.8. The molecule has 0 saturated heterocycles. The molecule has 4 bridgehead atoms. The highest BCUT2D eigenvalue weighted by Gasteiger charge is 2.57. The van der Waals surface area contributed by atoms with Crippen LogP contribution in [-0.2, 0) is 15.4 Å². The van der Waals surface area contributed by atoms with E-state index in [1.807, 2.05) is 12.1 Å². The molecular weight excluding hydrogens is 424 g/mol. The minimum atomic E-state index is -3.52. The molecule has 0 aromatic heterocycles. The van der Waals surface area contributed by atoms with Gasteiger partial charge in [0.1, 0.15) is 0 Å². The minimum Gasteiger partial charge on any atom is -0.390 e. The number of carbonyl (C=O) groups excluding carboxylic acids is 1. The zero-order chi connectivity index (χ0) is 22.7. The summed E-state index contributed by atoms with van der Waals surface area (Å²) in [6.45, 7) is 0. The van der Waals surface area contributed by atoms with Crippen LogP contribution in [-0.4, -0.2) is 43.4 Å². The number of anilines is 1. The van der Waals surface area contributed by atoms with E-state index in [2.05, 4.69) is 17.4 Å². The fourth-order valence-corrected chi connectivity index (χ4v) is 7.55. The Kier molecular flexibility index (Phi) is 5.00. The number of aliphatic hydroxyl groups is 1. The van der Waals surface area contributed by atoms with Gasteiger partial charge in [0.25, 0.3) is 5.91 Å². The molecule has 0 heterocycles. The average Bonchev–Trinajstić information content (AvgIpc) is 2.72. The number of nitrogens with one attached hydrogen (secondary N) is 1. The first-order valence-electron chi connectivity index (χ1n) is 11.3. The molecular formula is C25H30N2O4S. The predicted molar refractivity (Wildman–Crippen MR) is 123 cm³/mol. The van der Waals surface area contributed by atoms with Gasteiger partial charge in [-0.1, -0.05) is 12.1 Å². The summed E-state index contributed by atoms with van der Waals surface area (Å²) >= 11 is 0. The van der Waals surface area contributed by atoms with E-state index < -0.39 is 15.6 Å². The Bertz CT molecular complexity index is 1130. The average molecular weight is 455 g/mol. The number of hydrogen-bond donors (Lipinski definition) is 2. The van der Waals surface area contributed by atoms with E-state index in [0.29, 0.717) is 23.1 Å². The van der Waals surface area contributed by atoms with Crippen LogP contribution in [0.4, 0.5) is 5.69 Å². The Labute approximate surface area is 189 Å². The molecule has 2 N–H and O–H groups in total. The fourth-order valence-electron chi connectivity index (χ4n) is 6.65. The highest BCUT2D eigenvalue weighted by Crippen LogP contribution is 2.62. The smallest absolute Gasteiger partial charge is 0.255 e. The van der Waals surface area contributed by atoms with Crippen molar-refractivity contribution in [1.82, 2.24) is 4.31 Å². The van der Waals surface area contributed by atoms with Gasteiger partial charge in [-0.05, 0) is 97.7 Å². The van der Waals surface area contributed by atoms with Gasteiger partial charge in [0.2, 0.25) is 10.0 Å². The van der Waals surface area contributed by atoms with Gasteiger partial charge in [0, 0.05) is 25.3 Å². The summed E-state index contributed by atoms with van der Waals surface area (Å²) < 4.78 is 25.5. The second-order valence-corrected chi connectivity index (χ2v) is 12.5. The third kappa shape index (κ3) is 3.66. The number of hydrogen-bond acceptors (Lipinski definition) is 4. The van der Waals surface area contributed by atoms with Crippen molar-refractivity contribution < 1.29 is 18.3 Å². The van der Waals surface area contributed by atoms with Crippen molar-refractivity contribution in [2.24, 2.45) is 11.8 Å². The molecule has 4 fully saturated rings. The van der Waals surface area contributed by atoms with Crippen LogP contribution in [0, 0.1) is 11.8 Å². The topological polar surface area (TPSA) is 86.7 Å². The van der Waals surface area contributed by atoms with Gasteiger partial charge in [-0.15, -0.1) is 0 Å². The molecule has 4 aliphatic carbocycles. The summed E-state index contributed by atoms with van der Waals surface area (Å²) in [6.07, 6.45) is 6.31. The minimum absolute atomic E-state index is 0.0646. The molecule has 2 unspecified atom stereocenters. The maximum absolute atomic E-state index is 12.7. The summed E-state index contributed by atoms with van der Waals surface area (Å²) in [5.41, 5.74) is 1.93. The lowest BCUT2D eigenvalue weighted by atomic mass is 9.46. The zero-order valence-corrected chi connectivity index (χ0v) is 19.4. The lowest BCUT2D eigenvalue weighted by Crippen LogP contribution is -2.57. The molecule has 32 heavy (non-hydrogen) atoms. The maximum atomic E-state index is 12.7. The van der Waals surface area contributed by atoms with Crippen molar-refractivity contribution in [3.05, 3.63) is 59.7 Å². The van der Waals surface area contributed by atoms with Crippen LogP contribution in [0.5, 0.6) is 0 Å². The van der Waals surface area contributed by atoms with Gasteiger partial charge in [0.15, 0.2) is 0 Å². The highest BCUT2D eigenvalue weighted by atomic mass is 32.2. The number of nitrogens with zero attached hydrogens (tertiary/aromatic N) is 1. The van der Waals surface area contributed by atoms with Crippen LogP contribution in [0.15, 0.2) is 53.4 Å². The first-order chi connectivity index (χ1) is 15.1. The normalized spacial score (nSPS) is 31.1. The van der Waals surface area contributed by atoms with Crippen LogP contribution >= 0.6 is 0 Å². The third-order valence-corrected chi connectivity index (χ3v) is 9.51. The van der Waals surface area contributed by atoms with Crippen LogP contribution < -0.4 is 5.32 Å². The molecule has 0 aliphatic heterocycles. The maximum Gasteiger partial charge on any atom is 0.255 e. The van der Waals surface area contributed by atoms with E-state index in [4.69, 9.17) is 0 Å². The summed E-state index contributed by atoms with van der Waals surface area (Å²) in [7, 11) is -0.572. The van der Waals surface area contributed by atoms with Crippen molar-refractivity contribution in [1.29, 1.82) is 0 Å². The van der Waals surface area contributed by atoms with Crippen molar-refractivity contribution in [2.75, 3.05) is 19.4 Å². The van der Waals surface area contributed by atoms with Crippen molar-refractivity contribution in [2.45, 2.75) is 54.4 Å². The highest BCUT2D eigenvalue weighted by molar-refractivity contribution is 7.89. The van der Waals surface area contributed by atoms with Gasteiger partial charge in [-0.25, -0.2) is 12.7 Å². The van der Waals surface area contributed by atoms with E-state index >= 15 is 0 Å². The van der Waals surface area contributed by atoms with E-state index in [9.17, 15) is 18.3 Å². The molecule has 170 valence electrons. The number of benzene rings is 2. The Hall–Kier alpha value is -2.22. The second kappa shape index (κ2) is 7.40. The Morgan fingerprint density at radius 2 is 1.56 bits per heavy atom. The predicted octanol–water partition coefficient (Wildman–Crippen LogP) is 3.77. The standard InChI is InChI=1S/C25H30N2O4S/c1-27(2)32(30,31)22-9-3-19(4-10-22)23(28)26-21-7-5-20(6-8-21)24-12-17-11-18(13-24)15-25(29,14-17)16-24/h3-10,17-18,29H,11-16H2,1-2H3,(H,26,28). The first-order valence-corrected chi connectivity index (χ1v) is 12.7. The van der Waals surface area contributed by atoms with Gasteiger partial charge in [0.05, 0.1) is 10.5 Å². The lowest BCUT2D eigenvalue weighted by Gasteiger charge is -2.60. The van der Waals surface area contributed by atoms with Crippen molar-refractivity contribution in [3.63, 3.8) is 0 Å². The Balaban J connectivity index is 1.30. The lowest BCUT2D eigenvalue weighted by molar-refractivity contribution is -0.136. The molecule has 2 aromatic carbocycles. The van der Waals surface area contributed by atoms with Gasteiger partial charge in [-0.2, -0.15) is 0 Å². The van der Waals surface area contributed by atoms with E-state index in [1.165, 1.54) is 50.3 Å². The summed E-state index contributed by atoms with van der Waals surface area (Å²) in [5.74, 6) is 0.968. The van der Waals surface area contributed by atoms with Gasteiger partial charge < -0.3 is 10.4 Å². The largest absolute Gasteiger partial charge is 0.390 e. The molecule has 4 saturated carbocycles. The molecule has 2 aromatic rings. The molecule has 1 amide bonds. The van der Waals surface area contributed by atoms with E-state index in [1.54, 1.807) is 0 Å². The first kappa shape index (κ1) is 21.6. The molecule has 0 radical (unpaired) electrons. The number of sulfonamides is 1. The third-order valence-electron chi connectivity index (χ3n) is 7.68. The number of amides is 1. The van der Waals surface area contributed by atoms with Gasteiger partial charge in [-0.3, -0.25) is 4.79 Å². The molecule has 2 atom stereocenters. The summed E-state index contributed by atoms with van der Waals surface area (Å²) in [6, 6.07) is 14.0. The van der Waals surface area contributed by atoms with Crippen LogP contribution in [0.1, 0.15) is 54.4 Å². The molecule has 6 rings (SSSR count). The quantitative estimate of drug-likeness (QED) is 0.720. The summed E-state index contributed by atoms with van der Waals surface area (Å²) in [5, 5.41) is 13.9. The van der Waals surface area contributed by atoms with Crippen molar-refractivity contribution in [3.8, 4) is 0 Å². The number of carbonyl (C=O) groups is 1. The van der Waals surface area contributed by atoms with E-state index in [-0.39, 0.29) is 16.2 Å². The van der Waals surface area contributed by atoms with Crippen LogP contribution in [0.2, 0.25) is 0 Å². The SMILES string of the molecule is CN(C)S(=O)(=O)c1ccc(C(=O)Nc2ccc(C34CC5CC(CC(O)(C5)C3)C4)cc2)cc1. The second-order valence-electron chi connectivity index (χ2n) is 10.3. The van der Waals surface area contributed by atoms with Crippen LogP contribution in [0.3, 0.4) is 0 Å². The van der Waals surface area contributed by atoms with Gasteiger partial charge >= 0.3 is 0 Å². The number of rotatable bonds is 5. The fraction of sp³-hybridized carbons (Fsp3) is 0.480. The Morgan fingerprint density at radius 1 is 0.969 bits per heavy atom.